The summed E-state index contributed by atoms with van der Waals surface area (Å²) in [5.74, 6) is 0.266. The molecule has 0 aliphatic heterocycles. The first-order chi connectivity index (χ1) is 12.8. The normalized spacial score (nSPS) is 15.0. The van der Waals surface area contributed by atoms with Gasteiger partial charge in [-0.25, -0.2) is 0 Å². The van der Waals surface area contributed by atoms with E-state index in [0.717, 1.165) is 31.4 Å². The summed E-state index contributed by atoms with van der Waals surface area (Å²) in [6.45, 7) is 1.64. The summed E-state index contributed by atoms with van der Waals surface area (Å²) in [7, 11) is 0. The lowest BCUT2D eigenvalue weighted by atomic mass is 9.92. The van der Waals surface area contributed by atoms with Crippen molar-refractivity contribution in [3.05, 3.63) is 64.7 Å². The molecule has 1 amide bonds. The van der Waals surface area contributed by atoms with Gasteiger partial charge < -0.3 is 10.1 Å². The third kappa shape index (κ3) is 5.02. The monoisotopic (exact) mass is 377 g/mol. The predicted molar refractivity (Wildman–Crippen MR) is 96.5 cm³/mol. The number of aryl methyl sites for hydroxylation is 2. The third-order valence-electron chi connectivity index (χ3n) is 4.72. The lowest BCUT2D eigenvalue weighted by Crippen LogP contribution is -2.36. The molecule has 0 heterocycles. The largest absolute Gasteiger partial charge is 0.481 e. The number of alkyl halides is 3. The molecule has 0 spiro atoms. The van der Waals surface area contributed by atoms with E-state index in [4.69, 9.17) is 4.74 Å². The number of fused-ring (bicyclic) bond motifs is 1. The Morgan fingerprint density at radius 3 is 2.59 bits per heavy atom. The van der Waals surface area contributed by atoms with Crippen molar-refractivity contribution in [2.24, 2.45) is 0 Å². The summed E-state index contributed by atoms with van der Waals surface area (Å²) in [5.41, 5.74) is 2.25. The first-order valence-electron chi connectivity index (χ1n) is 9.05. The maximum absolute atomic E-state index is 12.7. The fourth-order valence-electron chi connectivity index (χ4n) is 3.23. The summed E-state index contributed by atoms with van der Waals surface area (Å²) < 4.78 is 44.0. The van der Waals surface area contributed by atoms with Crippen LogP contribution in [0, 0.1) is 0 Å². The van der Waals surface area contributed by atoms with Gasteiger partial charge >= 0.3 is 6.18 Å². The fourth-order valence-corrected chi connectivity index (χ4v) is 3.23. The number of carbonyl (C=O) groups is 1. The SMILES string of the molecule is C[C@H](Oc1ccc2c(c1)CCCC2)C(=O)NCc1cccc(C(F)(F)F)c1. The maximum Gasteiger partial charge on any atom is 0.416 e. The van der Waals surface area contributed by atoms with E-state index >= 15 is 0 Å². The molecule has 0 unspecified atom stereocenters. The molecule has 27 heavy (non-hydrogen) atoms. The zero-order valence-electron chi connectivity index (χ0n) is 15.1. The molecule has 3 rings (SSSR count). The van der Waals surface area contributed by atoms with Crippen molar-refractivity contribution in [2.45, 2.75) is 51.4 Å². The molecule has 2 aromatic rings. The zero-order chi connectivity index (χ0) is 19.4. The van der Waals surface area contributed by atoms with Crippen molar-refractivity contribution in [2.75, 3.05) is 0 Å². The van der Waals surface area contributed by atoms with Crippen molar-refractivity contribution < 1.29 is 22.7 Å². The van der Waals surface area contributed by atoms with Gasteiger partial charge in [0.25, 0.3) is 5.91 Å². The Morgan fingerprint density at radius 1 is 1.11 bits per heavy atom. The van der Waals surface area contributed by atoms with E-state index in [9.17, 15) is 18.0 Å². The van der Waals surface area contributed by atoms with Crippen molar-refractivity contribution in [3.63, 3.8) is 0 Å². The van der Waals surface area contributed by atoms with E-state index in [0.29, 0.717) is 11.3 Å². The standard InChI is InChI=1S/C21H22F3NO2/c1-14(27-19-10-9-16-6-2-3-7-17(16)12-19)20(26)25-13-15-5-4-8-18(11-15)21(22,23)24/h4-5,8-12,14H,2-3,6-7,13H2,1H3,(H,25,26)/t14-/m0/s1. The molecule has 2 aromatic carbocycles. The number of nitrogens with one attached hydrogen (secondary N) is 1. The summed E-state index contributed by atoms with van der Waals surface area (Å²) >= 11 is 0. The Morgan fingerprint density at radius 2 is 1.85 bits per heavy atom. The van der Waals surface area contributed by atoms with Crippen LogP contribution < -0.4 is 10.1 Å². The Kier molecular flexibility index (Phi) is 5.73. The van der Waals surface area contributed by atoms with Gasteiger partial charge in [-0.2, -0.15) is 13.2 Å². The van der Waals surface area contributed by atoms with Gasteiger partial charge in [0, 0.05) is 6.54 Å². The zero-order valence-corrected chi connectivity index (χ0v) is 15.1. The molecule has 144 valence electrons. The molecule has 1 N–H and O–H groups in total. The van der Waals surface area contributed by atoms with Gasteiger partial charge in [-0.3, -0.25) is 4.79 Å². The van der Waals surface area contributed by atoms with Gasteiger partial charge in [0.1, 0.15) is 5.75 Å². The van der Waals surface area contributed by atoms with Crippen LogP contribution in [-0.4, -0.2) is 12.0 Å². The average Bonchev–Trinajstić information content (AvgIpc) is 2.65. The lowest BCUT2D eigenvalue weighted by Gasteiger charge is -2.19. The van der Waals surface area contributed by atoms with Crippen molar-refractivity contribution in [1.82, 2.24) is 5.32 Å². The molecule has 6 heteroatoms. The third-order valence-corrected chi connectivity index (χ3v) is 4.72. The highest BCUT2D eigenvalue weighted by molar-refractivity contribution is 5.80. The van der Waals surface area contributed by atoms with E-state index in [2.05, 4.69) is 5.32 Å². The number of halogens is 3. The first kappa shape index (κ1) is 19.3. The van der Waals surface area contributed by atoms with E-state index in [1.54, 1.807) is 13.0 Å². The maximum atomic E-state index is 12.7. The van der Waals surface area contributed by atoms with E-state index in [1.165, 1.54) is 23.6 Å². The Balaban J connectivity index is 1.57. The molecule has 1 aliphatic carbocycles. The molecule has 0 aromatic heterocycles. The average molecular weight is 377 g/mol. The van der Waals surface area contributed by atoms with Gasteiger partial charge in [0.15, 0.2) is 6.10 Å². The van der Waals surface area contributed by atoms with Crippen molar-refractivity contribution in [3.8, 4) is 5.75 Å². The number of amides is 1. The summed E-state index contributed by atoms with van der Waals surface area (Å²) in [6, 6.07) is 10.8. The van der Waals surface area contributed by atoms with E-state index in [1.807, 2.05) is 18.2 Å². The van der Waals surface area contributed by atoms with Gasteiger partial charge in [0.05, 0.1) is 5.56 Å². The minimum absolute atomic E-state index is 0.0145. The molecule has 1 aliphatic rings. The van der Waals surface area contributed by atoms with Crippen LogP contribution in [-0.2, 0) is 30.4 Å². The molecule has 0 bridgehead atoms. The number of hydrogen-bond donors (Lipinski definition) is 1. The Hall–Kier alpha value is -2.50. The fraction of sp³-hybridized carbons (Fsp3) is 0.381. The predicted octanol–water partition coefficient (Wildman–Crippen LogP) is 4.67. The molecule has 3 nitrogen and oxygen atoms in total. The second kappa shape index (κ2) is 8.03. The number of rotatable bonds is 5. The molecule has 0 fully saturated rings. The quantitative estimate of drug-likeness (QED) is 0.823. The highest BCUT2D eigenvalue weighted by atomic mass is 19.4. The van der Waals surface area contributed by atoms with Crippen LogP contribution in [0.2, 0.25) is 0 Å². The number of benzene rings is 2. The Labute approximate surface area is 156 Å². The van der Waals surface area contributed by atoms with Crippen LogP contribution in [0.5, 0.6) is 5.75 Å². The molecular weight excluding hydrogens is 355 g/mol. The number of ether oxygens (including phenoxy) is 1. The summed E-state index contributed by atoms with van der Waals surface area (Å²) in [6.07, 6.45) is -0.698. The lowest BCUT2D eigenvalue weighted by molar-refractivity contribution is -0.137. The summed E-state index contributed by atoms with van der Waals surface area (Å²) in [5, 5.41) is 2.63. The van der Waals surface area contributed by atoms with E-state index < -0.39 is 17.8 Å². The highest BCUT2D eigenvalue weighted by Gasteiger charge is 2.30. The molecule has 1 atom stereocenters. The van der Waals surface area contributed by atoms with Crippen LogP contribution >= 0.6 is 0 Å². The van der Waals surface area contributed by atoms with Crippen LogP contribution in [0.25, 0.3) is 0 Å². The first-order valence-corrected chi connectivity index (χ1v) is 9.05. The molecule has 0 radical (unpaired) electrons. The van der Waals surface area contributed by atoms with Crippen LogP contribution in [0.3, 0.4) is 0 Å². The second-order valence-electron chi connectivity index (χ2n) is 6.81. The van der Waals surface area contributed by atoms with E-state index in [-0.39, 0.29) is 12.5 Å². The smallest absolute Gasteiger partial charge is 0.416 e. The van der Waals surface area contributed by atoms with Crippen LogP contribution in [0.4, 0.5) is 13.2 Å². The van der Waals surface area contributed by atoms with Crippen molar-refractivity contribution in [1.29, 1.82) is 0 Å². The second-order valence-corrected chi connectivity index (χ2v) is 6.81. The minimum Gasteiger partial charge on any atom is -0.481 e. The molecular formula is C21H22F3NO2. The topological polar surface area (TPSA) is 38.3 Å². The van der Waals surface area contributed by atoms with Gasteiger partial charge in [-0.05, 0) is 73.6 Å². The number of carbonyl (C=O) groups excluding carboxylic acids is 1. The minimum atomic E-state index is -4.40. The number of hydrogen-bond acceptors (Lipinski definition) is 2. The molecule has 0 saturated carbocycles. The Bertz CT molecular complexity index is 817. The highest BCUT2D eigenvalue weighted by Crippen LogP contribution is 2.29. The van der Waals surface area contributed by atoms with Gasteiger partial charge in [-0.1, -0.05) is 18.2 Å². The van der Waals surface area contributed by atoms with Crippen LogP contribution in [0.1, 0.15) is 42.0 Å². The van der Waals surface area contributed by atoms with Gasteiger partial charge in [0.2, 0.25) is 0 Å². The summed E-state index contributed by atoms with van der Waals surface area (Å²) in [4.78, 5) is 12.2. The van der Waals surface area contributed by atoms with Crippen molar-refractivity contribution >= 4 is 5.91 Å². The molecule has 0 saturated heterocycles. The van der Waals surface area contributed by atoms with Crippen LogP contribution in [0.15, 0.2) is 42.5 Å². The van der Waals surface area contributed by atoms with Gasteiger partial charge in [-0.15, -0.1) is 0 Å².